The molecule has 1 aliphatic heterocycles. The molecule has 27 heavy (non-hydrogen) atoms. The smallest absolute Gasteiger partial charge is 0.419 e. The normalized spacial score (nSPS) is 17.5. The largest absolute Gasteiger partial charge is 0.424 e. The molecular weight excluding hydrogens is 361 g/mol. The van der Waals surface area contributed by atoms with E-state index in [-0.39, 0.29) is 11.6 Å². The quantitative estimate of drug-likeness (QED) is 0.481. The van der Waals surface area contributed by atoms with Gasteiger partial charge in [0.2, 0.25) is 0 Å². The molecule has 150 valence electrons. The van der Waals surface area contributed by atoms with Crippen molar-refractivity contribution in [3.8, 4) is 0 Å². The molecule has 0 unspecified atom stereocenters. The predicted octanol–water partition coefficient (Wildman–Crippen LogP) is 6.90. The maximum atomic E-state index is 6.35. The first-order valence-electron chi connectivity index (χ1n) is 10.4. The van der Waals surface area contributed by atoms with E-state index >= 15 is 0 Å². The number of para-hydroxylation sites is 1. The van der Waals surface area contributed by atoms with Crippen LogP contribution in [0.25, 0.3) is 0 Å². The van der Waals surface area contributed by atoms with E-state index in [0.717, 1.165) is 0 Å². The molecular formula is C22H40BNOSi2. The van der Waals surface area contributed by atoms with Gasteiger partial charge in [-0.3, -0.25) is 0 Å². The molecule has 0 N–H and O–H groups in total. The average molecular weight is 402 g/mol. The predicted molar refractivity (Wildman–Crippen MR) is 128 cm³/mol. The molecule has 5 heteroatoms. The number of anilines is 1. The molecule has 0 bridgehead atoms. The summed E-state index contributed by atoms with van der Waals surface area (Å²) in [6.07, 6.45) is 4.90. The van der Waals surface area contributed by atoms with Crippen LogP contribution in [0.2, 0.25) is 43.8 Å². The highest BCUT2D eigenvalue weighted by Gasteiger charge is 2.63. The van der Waals surface area contributed by atoms with Crippen LogP contribution in [-0.2, 0) is 4.65 Å². The Kier molecular flexibility index (Phi) is 6.31. The fraction of sp³-hybridized carbons (Fsp3) is 0.636. The van der Waals surface area contributed by atoms with Crippen LogP contribution in [0.15, 0.2) is 30.5 Å². The van der Waals surface area contributed by atoms with Gasteiger partial charge in [-0.1, -0.05) is 91.3 Å². The number of rotatable bonds is 6. The second-order valence-electron chi connectivity index (χ2n) is 10.8. The van der Waals surface area contributed by atoms with Crippen molar-refractivity contribution in [2.45, 2.75) is 83.4 Å². The third-order valence-corrected chi connectivity index (χ3v) is 16.7. The number of benzene rings is 1. The van der Waals surface area contributed by atoms with Crippen molar-refractivity contribution in [1.29, 1.82) is 0 Å². The zero-order valence-corrected chi connectivity index (χ0v) is 21.5. The van der Waals surface area contributed by atoms with Gasteiger partial charge in [0.15, 0.2) is 0 Å². The summed E-state index contributed by atoms with van der Waals surface area (Å²) in [5.74, 6) is 0.969. The highest BCUT2D eigenvalue weighted by Crippen LogP contribution is 2.55. The summed E-state index contributed by atoms with van der Waals surface area (Å²) in [5, 5.41) is 0. The van der Waals surface area contributed by atoms with E-state index in [1.807, 2.05) is 7.11 Å². The molecule has 0 saturated heterocycles. The first-order chi connectivity index (χ1) is 12.3. The Labute approximate surface area is 170 Å². The fourth-order valence-electron chi connectivity index (χ4n) is 5.24. The Hall–Kier alpha value is -0.781. The van der Waals surface area contributed by atoms with Crippen LogP contribution in [0.3, 0.4) is 0 Å². The Morgan fingerprint density at radius 1 is 0.889 bits per heavy atom. The molecule has 1 heterocycles. The first kappa shape index (κ1) is 22.5. The lowest BCUT2D eigenvalue weighted by molar-refractivity contribution is 0.415. The van der Waals surface area contributed by atoms with E-state index in [0.29, 0.717) is 11.8 Å². The van der Waals surface area contributed by atoms with Gasteiger partial charge in [-0.15, -0.1) is 0 Å². The number of hydrogen-bond donors (Lipinski definition) is 0. The lowest BCUT2D eigenvalue weighted by Gasteiger charge is -2.51. The van der Waals surface area contributed by atoms with Crippen LogP contribution in [0.1, 0.15) is 50.7 Å². The molecule has 0 saturated carbocycles. The fourth-order valence-corrected chi connectivity index (χ4v) is 17.4. The summed E-state index contributed by atoms with van der Waals surface area (Å²) in [6.45, 7) is 24.3. The van der Waals surface area contributed by atoms with E-state index in [9.17, 15) is 0 Å². The molecule has 0 aliphatic carbocycles. The van der Waals surface area contributed by atoms with Crippen LogP contribution in [0, 0.1) is 0 Å². The van der Waals surface area contributed by atoms with Crippen LogP contribution in [-0.4, -0.2) is 30.3 Å². The zero-order chi connectivity index (χ0) is 20.8. The summed E-state index contributed by atoms with van der Waals surface area (Å²) in [7, 11) is -1.10. The molecule has 1 aromatic carbocycles. The molecule has 2 nitrogen and oxygen atoms in total. The van der Waals surface area contributed by atoms with Gasteiger partial charge in [-0.25, -0.2) is 0 Å². The Balaban J connectivity index is 2.75. The van der Waals surface area contributed by atoms with Crippen molar-refractivity contribution in [3.05, 3.63) is 41.6 Å². The first-order valence-corrected chi connectivity index (χ1v) is 17.4. The highest BCUT2D eigenvalue weighted by atomic mass is 28.4. The standard InChI is InChI=1S/C22H40BNOSi2/c1-17(2)19-13-12-14-20(18(3)4)21(19)24-16-15-22(23(24)25-5,26(6,7)8)27(9,10)11/h12-18H,1-11H3. The van der Waals surface area contributed by atoms with Crippen LogP contribution < -0.4 is 4.81 Å². The number of nitrogens with zero attached hydrogens (tertiary/aromatic N) is 1. The minimum atomic E-state index is -1.55. The monoisotopic (exact) mass is 401 g/mol. The van der Waals surface area contributed by atoms with Crippen molar-refractivity contribution in [1.82, 2.24) is 0 Å². The highest BCUT2D eigenvalue weighted by molar-refractivity contribution is 7.11. The SMILES string of the molecule is COB1N(c2c(C(C)C)cccc2C(C)C)C=CC1([Si](C)(C)C)[Si](C)(C)C. The van der Waals surface area contributed by atoms with Crippen molar-refractivity contribution >= 4 is 28.9 Å². The van der Waals surface area contributed by atoms with E-state index in [1.165, 1.54) is 16.8 Å². The topological polar surface area (TPSA) is 12.5 Å². The minimum Gasteiger partial charge on any atom is -0.419 e. The molecule has 0 amide bonds. The Bertz CT molecular complexity index is 661. The van der Waals surface area contributed by atoms with E-state index < -0.39 is 16.1 Å². The second kappa shape index (κ2) is 7.57. The molecule has 2 rings (SSSR count). The van der Waals surface area contributed by atoms with Crippen molar-refractivity contribution in [2.75, 3.05) is 11.9 Å². The van der Waals surface area contributed by atoms with E-state index in [4.69, 9.17) is 4.65 Å². The Morgan fingerprint density at radius 3 is 1.67 bits per heavy atom. The summed E-state index contributed by atoms with van der Waals surface area (Å²) in [4.78, 5) is 2.49. The summed E-state index contributed by atoms with van der Waals surface area (Å²) in [5.41, 5.74) is 4.23. The van der Waals surface area contributed by atoms with E-state index in [1.54, 1.807) is 0 Å². The summed E-state index contributed by atoms with van der Waals surface area (Å²) >= 11 is 0. The maximum absolute atomic E-state index is 6.35. The van der Waals surface area contributed by atoms with Crippen molar-refractivity contribution in [2.24, 2.45) is 0 Å². The maximum Gasteiger partial charge on any atom is 0.424 e. The van der Waals surface area contributed by atoms with Crippen molar-refractivity contribution in [3.63, 3.8) is 0 Å². The van der Waals surface area contributed by atoms with Gasteiger partial charge in [0.25, 0.3) is 0 Å². The lowest BCUT2D eigenvalue weighted by atomic mass is 9.75. The van der Waals surface area contributed by atoms with Gasteiger partial charge >= 0.3 is 7.05 Å². The molecule has 0 aromatic heterocycles. The number of allylic oxidation sites excluding steroid dienone is 1. The number of hydrogen-bond acceptors (Lipinski definition) is 2. The zero-order valence-electron chi connectivity index (χ0n) is 19.5. The minimum absolute atomic E-state index is 0.0910. The molecule has 0 radical (unpaired) electrons. The molecule has 0 fully saturated rings. The Morgan fingerprint density at radius 2 is 1.33 bits per heavy atom. The average Bonchev–Trinajstić information content (AvgIpc) is 2.93. The summed E-state index contributed by atoms with van der Waals surface area (Å²) < 4.78 is 6.52. The third kappa shape index (κ3) is 3.63. The van der Waals surface area contributed by atoms with Crippen LogP contribution in [0.5, 0.6) is 0 Å². The third-order valence-electron chi connectivity index (χ3n) is 6.45. The van der Waals surface area contributed by atoms with Gasteiger partial charge in [0.05, 0.1) is 16.1 Å². The van der Waals surface area contributed by atoms with Gasteiger partial charge in [-0.2, -0.15) is 0 Å². The second-order valence-corrected chi connectivity index (χ2v) is 21.9. The van der Waals surface area contributed by atoms with Crippen molar-refractivity contribution < 1.29 is 4.65 Å². The van der Waals surface area contributed by atoms with Gasteiger partial charge in [-0.05, 0) is 29.2 Å². The molecule has 0 spiro atoms. The summed E-state index contributed by atoms with van der Waals surface area (Å²) in [6, 6.07) is 6.82. The lowest BCUT2D eigenvalue weighted by Crippen LogP contribution is -2.64. The molecule has 1 aromatic rings. The van der Waals surface area contributed by atoms with Gasteiger partial charge < -0.3 is 9.47 Å². The molecule has 1 aliphatic rings. The van der Waals surface area contributed by atoms with E-state index in [2.05, 4.69) is 102 Å². The van der Waals surface area contributed by atoms with Crippen LogP contribution >= 0.6 is 0 Å². The van der Waals surface area contributed by atoms with Gasteiger partial charge in [0, 0.05) is 17.4 Å². The molecule has 0 atom stereocenters. The van der Waals surface area contributed by atoms with Crippen LogP contribution in [0.4, 0.5) is 5.69 Å². The van der Waals surface area contributed by atoms with Gasteiger partial charge in [0.1, 0.15) is 0 Å².